The molecule has 1 heterocycles. The Kier molecular flexibility index (Phi) is 5.86. The minimum Gasteiger partial charge on any atom is -0.508 e. The topological polar surface area (TPSA) is 58.4 Å². The number of nitrogens with zero attached hydrogens (tertiary/aromatic N) is 3. The molecule has 0 aliphatic carbocycles. The summed E-state index contributed by atoms with van der Waals surface area (Å²) in [4.78, 5) is 15.3. The van der Waals surface area contributed by atoms with Gasteiger partial charge in [0.25, 0.3) is 5.91 Å². The number of carbonyl (C=O) groups excluding carboxylic acids is 1. The number of aromatic hydroxyl groups is 1. The van der Waals surface area contributed by atoms with Crippen LogP contribution >= 0.6 is 15.9 Å². The molecule has 4 rings (SSSR count). The summed E-state index contributed by atoms with van der Waals surface area (Å²) < 4.78 is 2.79. The summed E-state index contributed by atoms with van der Waals surface area (Å²) in [6, 6.07) is 20.7. The van der Waals surface area contributed by atoms with Crippen molar-refractivity contribution in [2.24, 2.45) is 7.05 Å². The average molecular weight is 464 g/mol. The van der Waals surface area contributed by atoms with Gasteiger partial charge >= 0.3 is 0 Å². The monoisotopic (exact) mass is 463 g/mol. The molecular formula is C24H22BrN3O2. The molecule has 0 spiro atoms. The highest BCUT2D eigenvalue weighted by atomic mass is 79.9. The minimum absolute atomic E-state index is 0.0270. The van der Waals surface area contributed by atoms with Gasteiger partial charge in [0.05, 0.1) is 5.52 Å². The van der Waals surface area contributed by atoms with Crippen molar-refractivity contribution >= 4 is 32.7 Å². The molecule has 0 fully saturated rings. The highest BCUT2D eigenvalue weighted by molar-refractivity contribution is 9.10. The predicted molar refractivity (Wildman–Crippen MR) is 121 cm³/mol. The summed E-state index contributed by atoms with van der Waals surface area (Å²) in [5.74, 6) is 0.188. The first-order valence-corrected chi connectivity index (χ1v) is 10.5. The van der Waals surface area contributed by atoms with Gasteiger partial charge in [-0.2, -0.15) is 5.10 Å². The Balaban J connectivity index is 1.60. The van der Waals surface area contributed by atoms with Crippen LogP contribution in [0.15, 0.2) is 77.4 Å². The van der Waals surface area contributed by atoms with Crippen LogP contribution in [-0.2, 0) is 20.0 Å². The lowest BCUT2D eigenvalue weighted by molar-refractivity contribution is 0.0745. The Morgan fingerprint density at radius 2 is 1.87 bits per heavy atom. The Bertz CT molecular complexity index is 1180. The van der Waals surface area contributed by atoms with Gasteiger partial charge in [0.1, 0.15) is 5.75 Å². The number of carbonyl (C=O) groups is 1. The van der Waals surface area contributed by atoms with E-state index in [1.807, 2.05) is 66.7 Å². The summed E-state index contributed by atoms with van der Waals surface area (Å²) >= 11 is 3.59. The zero-order chi connectivity index (χ0) is 21.1. The van der Waals surface area contributed by atoms with E-state index < -0.39 is 0 Å². The van der Waals surface area contributed by atoms with Crippen LogP contribution in [0.2, 0.25) is 0 Å². The van der Waals surface area contributed by atoms with Crippen LogP contribution in [-0.4, -0.2) is 32.2 Å². The Morgan fingerprint density at radius 3 is 2.63 bits per heavy atom. The van der Waals surface area contributed by atoms with Gasteiger partial charge in [-0.1, -0.05) is 46.3 Å². The smallest absolute Gasteiger partial charge is 0.254 e. The Hall–Kier alpha value is -3.12. The third kappa shape index (κ3) is 4.54. The van der Waals surface area contributed by atoms with Crippen molar-refractivity contribution in [2.45, 2.75) is 13.0 Å². The average Bonchev–Trinajstić information content (AvgIpc) is 3.12. The maximum Gasteiger partial charge on any atom is 0.254 e. The number of amides is 1. The zero-order valence-electron chi connectivity index (χ0n) is 16.6. The molecule has 0 atom stereocenters. The quantitative estimate of drug-likeness (QED) is 0.441. The fourth-order valence-electron chi connectivity index (χ4n) is 3.50. The van der Waals surface area contributed by atoms with Crippen LogP contribution in [0.3, 0.4) is 0 Å². The molecule has 3 aromatic carbocycles. The number of aromatic nitrogens is 2. The first-order chi connectivity index (χ1) is 14.5. The lowest BCUT2D eigenvalue weighted by Crippen LogP contribution is -2.32. The lowest BCUT2D eigenvalue weighted by Gasteiger charge is -2.23. The van der Waals surface area contributed by atoms with Crippen molar-refractivity contribution in [3.63, 3.8) is 0 Å². The van der Waals surface area contributed by atoms with E-state index in [4.69, 9.17) is 0 Å². The third-order valence-electron chi connectivity index (χ3n) is 5.07. The zero-order valence-corrected chi connectivity index (χ0v) is 18.2. The van der Waals surface area contributed by atoms with E-state index in [-0.39, 0.29) is 11.7 Å². The van der Waals surface area contributed by atoms with E-state index in [0.717, 1.165) is 32.9 Å². The molecule has 0 aliphatic rings. The summed E-state index contributed by atoms with van der Waals surface area (Å²) in [5.41, 5.74) is 3.63. The van der Waals surface area contributed by atoms with Gasteiger partial charge in [-0.05, 0) is 53.9 Å². The standard InChI is InChI=1S/C24H22BrN3O2/c1-27-16-20-14-19(8-11-23(20)26-27)24(30)28(15-17-6-9-21(29)10-7-17)13-12-18-4-2-3-5-22(18)25/h2-11,14,16,29H,12-13,15H2,1H3. The summed E-state index contributed by atoms with van der Waals surface area (Å²) in [6.45, 7) is 1.04. The van der Waals surface area contributed by atoms with Crippen molar-refractivity contribution in [1.29, 1.82) is 0 Å². The number of halogens is 1. The number of benzene rings is 3. The normalized spacial score (nSPS) is 11.0. The second-order valence-corrected chi connectivity index (χ2v) is 8.17. The maximum absolute atomic E-state index is 13.4. The number of phenols is 1. The van der Waals surface area contributed by atoms with Gasteiger partial charge in [-0.3, -0.25) is 9.48 Å². The van der Waals surface area contributed by atoms with E-state index in [2.05, 4.69) is 27.1 Å². The lowest BCUT2D eigenvalue weighted by atomic mass is 10.1. The fourth-order valence-corrected chi connectivity index (χ4v) is 3.98. The van der Waals surface area contributed by atoms with Crippen LogP contribution in [0, 0.1) is 0 Å². The Morgan fingerprint density at radius 1 is 1.10 bits per heavy atom. The van der Waals surface area contributed by atoms with Crippen molar-refractivity contribution in [2.75, 3.05) is 6.54 Å². The second-order valence-electron chi connectivity index (χ2n) is 7.31. The van der Waals surface area contributed by atoms with Crippen molar-refractivity contribution in [3.05, 3.63) is 94.1 Å². The van der Waals surface area contributed by atoms with Gasteiger partial charge in [0.15, 0.2) is 0 Å². The number of phenolic OH excluding ortho intramolecular Hbond substituents is 1. The predicted octanol–water partition coefficient (Wildman–Crippen LogP) is 4.93. The van der Waals surface area contributed by atoms with Crippen LogP contribution in [0.25, 0.3) is 10.9 Å². The third-order valence-corrected chi connectivity index (χ3v) is 5.85. The molecule has 1 aromatic heterocycles. The van der Waals surface area contributed by atoms with Crippen LogP contribution < -0.4 is 0 Å². The number of rotatable bonds is 6. The fraction of sp³-hybridized carbons (Fsp3) is 0.167. The second kappa shape index (κ2) is 8.71. The largest absolute Gasteiger partial charge is 0.508 e. The van der Waals surface area contributed by atoms with E-state index in [1.54, 1.807) is 16.8 Å². The van der Waals surface area contributed by atoms with E-state index in [9.17, 15) is 9.90 Å². The SMILES string of the molecule is Cn1cc2cc(C(=O)N(CCc3ccccc3Br)Cc3ccc(O)cc3)ccc2n1. The molecule has 152 valence electrons. The molecular weight excluding hydrogens is 442 g/mol. The van der Waals surface area contributed by atoms with Gasteiger partial charge in [0.2, 0.25) is 0 Å². The number of hydrogen-bond donors (Lipinski definition) is 1. The number of aryl methyl sites for hydroxylation is 1. The van der Waals surface area contributed by atoms with E-state index >= 15 is 0 Å². The molecule has 0 radical (unpaired) electrons. The minimum atomic E-state index is -0.0270. The first-order valence-electron chi connectivity index (χ1n) is 9.73. The van der Waals surface area contributed by atoms with E-state index in [1.165, 1.54) is 0 Å². The first kappa shape index (κ1) is 20.2. The van der Waals surface area contributed by atoms with Crippen LogP contribution in [0.1, 0.15) is 21.5 Å². The molecule has 6 heteroatoms. The molecule has 1 amide bonds. The molecule has 5 nitrogen and oxygen atoms in total. The van der Waals surface area contributed by atoms with Crippen molar-refractivity contribution in [3.8, 4) is 5.75 Å². The van der Waals surface area contributed by atoms with Crippen molar-refractivity contribution in [1.82, 2.24) is 14.7 Å². The molecule has 0 bridgehead atoms. The molecule has 0 aliphatic heterocycles. The van der Waals surface area contributed by atoms with Gasteiger partial charge in [0, 0.05) is 41.8 Å². The van der Waals surface area contributed by atoms with Gasteiger partial charge < -0.3 is 10.0 Å². The summed E-state index contributed by atoms with van der Waals surface area (Å²) in [7, 11) is 1.87. The van der Waals surface area contributed by atoms with E-state index in [0.29, 0.717) is 18.7 Å². The molecule has 4 aromatic rings. The van der Waals surface area contributed by atoms with Crippen molar-refractivity contribution < 1.29 is 9.90 Å². The highest BCUT2D eigenvalue weighted by Gasteiger charge is 2.18. The summed E-state index contributed by atoms with van der Waals surface area (Å²) in [6.07, 6.45) is 2.65. The molecule has 30 heavy (non-hydrogen) atoms. The molecule has 0 saturated heterocycles. The maximum atomic E-state index is 13.4. The van der Waals surface area contributed by atoms with Gasteiger partial charge in [-0.15, -0.1) is 0 Å². The summed E-state index contributed by atoms with van der Waals surface area (Å²) in [5, 5.41) is 14.9. The number of fused-ring (bicyclic) bond motifs is 1. The molecule has 0 saturated carbocycles. The molecule has 0 unspecified atom stereocenters. The van der Waals surface area contributed by atoms with Gasteiger partial charge in [-0.25, -0.2) is 0 Å². The van der Waals surface area contributed by atoms with Crippen LogP contribution in [0.5, 0.6) is 5.75 Å². The Labute approximate surface area is 183 Å². The van der Waals surface area contributed by atoms with Crippen LogP contribution in [0.4, 0.5) is 0 Å². The number of hydrogen-bond acceptors (Lipinski definition) is 3. The molecule has 1 N–H and O–H groups in total. The highest BCUT2D eigenvalue weighted by Crippen LogP contribution is 2.20.